The van der Waals surface area contributed by atoms with E-state index >= 15 is 0 Å². The van der Waals surface area contributed by atoms with Crippen molar-refractivity contribution in [2.24, 2.45) is 5.92 Å². The molecule has 0 aromatic heterocycles. The molecule has 1 N–H and O–H groups in total. The van der Waals surface area contributed by atoms with Gasteiger partial charge in [0.25, 0.3) is 0 Å². The second-order valence-electron chi connectivity index (χ2n) is 4.89. The predicted molar refractivity (Wildman–Crippen MR) is 81.6 cm³/mol. The zero-order valence-electron chi connectivity index (χ0n) is 12.3. The van der Waals surface area contributed by atoms with Gasteiger partial charge in [-0.05, 0) is 31.0 Å². The van der Waals surface area contributed by atoms with Crippen LogP contribution in [0.1, 0.15) is 26.3 Å². The maximum atomic E-state index is 12.4. The number of hydrogen-bond acceptors (Lipinski definition) is 4. The Kier molecular flexibility index (Phi) is 6.62. The molecule has 0 aliphatic rings. The third-order valence-corrected chi connectivity index (χ3v) is 4.93. The molecule has 0 saturated heterocycles. The van der Waals surface area contributed by atoms with E-state index < -0.39 is 10.0 Å². The normalized spacial score (nSPS) is 13.1. The lowest BCUT2D eigenvalue weighted by Crippen LogP contribution is -2.41. The summed E-state index contributed by atoms with van der Waals surface area (Å²) in [6.45, 7) is 6.44. The zero-order valence-corrected chi connectivity index (χ0v) is 13.8. The molecule has 0 fully saturated rings. The maximum absolute atomic E-state index is 12.4. The first kappa shape index (κ1) is 17.9. The summed E-state index contributed by atoms with van der Waals surface area (Å²) in [5.41, 5.74) is 0.241. The summed E-state index contributed by atoms with van der Waals surface area (Å²) in [5, 5.41) is 8.96. The fourth-order valence-electron chi connectivity index (χ4n) is 1.65. The van der Waals surface area contributed by atoms with E-state index in [1.807, 2.05) is 26.8 Å². The molecule has 0 aliphatic heterocycles. The van der Waals surface area contributed by atoms with Crippen LogP contribution >= 0.6 is 11.6 Å². The van der Waals surface area contributed by atoms with Crippen molar-refractivity contribution >= 4 is 21.6 Å². The van der Waals surface area contributed by atoms with Crippen LogP contribution in [-0.2, 0) is 14.8 Å². The molecule has 7 heteroatoms. The van der Waals surface area contributed by atoms with Crippen LogP contribution in [0.15, 0.2) is 23.1 Å². The summed E-state index contributed by atoms with van der Waals surface area (Å²) in [6, 6.07) is 5.68. The minimum Gasteiger partial charge on any atom is -0.380 e. The molecular formula is C14H19ClN2O3S. The van der Waals surface area contributed by atoms with Crippen molar-refractivity contribution in [1.82, 2.24) is 4.72 Å². The van der Waals surface area contributed by atoms with E-state index in [-0.39, 0.29) is 34.0 Å². The minimum absolute atomic E-state index is 0.0595. The Morgan fingerprint density at radius 3 is 2.62 bits per heavy atom. The van der Waals surface area contributed by atoms with Gasteiger partial charge in [0.1, 0.15) is 4.90 Å². The van der Waals surface area contributed by atoms with E-state index in [1.54, 1.807) is 0 Å². The van der Waals surface area contributed by atoms with Gasteiger partial charge in [0.05, 0.1) is 23.3 Å². The Morgan fingerprint density at radius 1 is 1.43 bits per heavy atom. The highest BCUT2D eigenvalue weighted by Crippen LogP contribution is 2.23. The van der Waals surface area contributed by atoms with E-state index in [2.05, 4.69) is 4.72 Å². The molecule has 1 rings (SSSR count). The molecule has 0 spiro atoms. The van der Waals surface area contributed by atoms with Crippen molar-refractivity contribution in [2.45, 2.75) is 31.7 Å². The molecule has 21 heavy (non-hydrogen) atoms. The van der Waals surface area contributed by atoms with E-state index in [1.165, 1.54) is 18.2 Å². The smallest absolute Gasteiger partial charge is 0.242 e. The van der Waals surface area contributed by atoms with Gasteiger partial charge in [-0.25, -0.2) is 13.1 Å². The van der Waals surface area contributed by atoms with Gasteiger partial charge in [0, 0.05) is 12.6 Å². The minimum atomic E-state index is -3.81. The summed E-state index contributed by atoms with van der Waals surface area (Å²) in [5.74, 6) is 0.0595. The van der Waals surface area contributed by atoms with Crippen LogP contribution < -0.4 is 4.72 Å². The number of ether oxygens (including phenoxy) is 1. The first-order valence-corrected chi connectivity index (χ1v) is 8.47. The fourth-order valence-corrected chi connectivity index (χ4v) is 3.54. The quantitative estimate of drug-likeness (QED) is 0.833. The Morgan fingerprint density at radius 2 is 2.10 bits per heavy atom. The summed E-state index contributed by atoms with van der Waals surface area (Å²) < 4.78 is 32.8. The Balaban J connectivity index is 3.07. The lowest BCUT2D eigenvalue weighted by molar-refractivity contribution is 0.116. The third kappa shape index (κ3) is 4.97. The van der Waals surface area contributed by atoms with Crippen molar-refractivity contribution in [1.29, 1.82) is 5.26 Å². The van der Waals surface area contributed by atoms with Gasteiger partial charge in [-0.3, -0.25) is 0 Å². The van der Waals surface area contributed by atoms with E-state index in [0.29, 0.717) is 6.61 Å². The zero-order chi connectivity index (χ0) is 16.0. The molecule has 0 amide bonds. The highest BCUT2D eigenvalue weighted by molar-refractivity contribution is 7.89. The van der Waals surface area contributed by atoms with Crippen molar-refractivity contribution in [3.8, 4) is 6.07 Å². The molecule has 0 heterocycles. The number of nitrogens with zero attached hydrogens (tertiary/aromatic N) is 1. The predicted octanol–water partition coefficient (Wildman–Crippen LogP) is 2.55. The highest BCUT2D eigenvalue weighted by Gasteiger charge is 2.25. The molecule has 1 aromatic rings. The van der Waals surface area contributed by atoms with Crippen molar-refractivity contribution in [2.75, 3.05) is 13.2 Å². The lowest BCUT2D eigenvalue weighted by atomic mass is 10.1. The van der Waals surface area contributed by atoms with Crippen molar-refractivity contribution in [3.63, 3.8) is 0 Å². The Labute approximate surface area is 130 Å². The largest absolute Gasteiger partial charge is 0.380 e. The summed E-state index contributed by atoms with van der Waals surface area (Å²) in [7, 11) is -3.81. The Hall–Kier alpha value is -1.13. The maximum Gasteiger partial charge on any atom is 0.242 e. The van der Waals surface area contributed by atoms with Gasteiger partial charge in [-0.15, -0.1) is 0 Å². The molecule has 1 atom stereocenters. The Bertz CT molecular complexity index is 624. The number of sulfonamides is 1. The van der Waals surface area contributed by atoms with Gasteiger partial charge >= 0.3 is 0 Å². The van der Waals surface area contributed by atoms with Gasteiger partial charge < -0.3 is 4.74 Å². The van der Waals surface area contributed by atoms with Crippen LogP contribution in [0.5, 0.6) is 0 Å². The van der Waals surface area contributed by atoms with Crippen LogP contribution in [-0.4, -0.2) is 27.7 Å². The van der Waals surface area contributed by atoms with Gasteiger partial charge in [0.2, 0.25) is 10.0 Å². The van der Waals surface area contributed by atoms with E-state index in [4.69, 9.17) is 21.6 Å². The highest BCUT2D eigenvalue weighted by atomic mass is 35.5. The fraction of sp³-hybridized carbons (Fsp3) is 0.500. The summed E-state index contributed by atoms with van der Waals surface area (Å²) in [6.07, 6.45) is 0. The first-order chi connectivity index (χ1) is 9.81. The van der Waals surface area contributed by atoms with E-state index in [0.717, 1.165) is 0 Å². The number of nitrogens with one attached hydrogen (secondary N) is 1. The molecule has 1 aromatic carbocycles. The number of hydrogen-bond donors (Lipinski definition) is 1. The summed E-state index contributed by atoms with van der Waals surface area (Å²) in [4.78, 5) is -0.0923. The monoisotopic (exact) mass is 330 g/mol. The molecule has 0 aliphatic carbocycles. The van der Waals surface area contributed by atoms with Crippen LogP contribution in [0.2, 0.25) is 5.02 Å². The van der Waals surface area contributed by atoms with Gasteiger partial charge in [-0.1, -0.05) is 25.4 Å². The first-order valence-electron chi connectivity index (χ1n) is 6.61. The topological polar surface area (TPSA) is 79.2 Å². The standard InChI is InChI=1S/C14H19ClN2O3S/c1-4-20-9-13(10(2)3)17-21(18,19)14-7-11(8-16)5-6-12(14)15/h5-7,10,13,17H,4,9H2,1-3H3. The number of rotatable bonds is 7. The van der Waals surface area contributed by atoms with Crippen molar-refractivity contribution in [3.05, 3.63) is 28.8 Å². The SMILES string of the molecule is CCOCC(NS(=O)(=O)c1cc(C#N)ccc1Cl)C(C)C. The van der Waals surface area contributed by atoms with Gasteiger partial charge in [-0.2, -0.15) is 5.26 Å². The van der Waals surface area contributed by atoms with Crippen LogP contribution in [0.25, 0.3) is 0 Å². The second kappa shape index (κ2) is 7.76. The lowest BCUT2D eigenvalue weighted by Gasteiger charge is -2.22. The van der Waals surface area contributed by atoms with Crippen LogP contribution in [0, 0.1) is 17.2 Å². The second-order valence-corrected chi connectivity index (χ2v) is 6.98. The van der Waals surface area contributed by atoms with Crippen LogP contribution in [0.4, 0.5) is 0 Å². The number of benzene rings is 1. The summed E-state index contributed by atoms with van der Waals surface area (Å²) >= 11 is 5.95. The molecule has 1 unspecified atom stereocenters. The average molecular weight is 331 g/mol. The number of nitriles is 1. The van der Waals surface area contributed by atoms with Gasteiger partial charge in [0.15, 0.2) is 0 Å². The molecule has 0 bridgehead atoms. The molecule has 5 nitrogen and oxygen atoms in total. The molecule has 0 radical (unpaired) electrons. The third-order valence-electron chi connectivity index (χ3n) is 2.96. The van der Waals surface area contributed by atoms with E-state index in [9.17, 15) is 8.42 Å². The number of halogens is 1. The molecule has 0 saturated carbocycles. The molecular weight excluding hydrogens is 312 g/mol. The molecule has 116 valence electrons. The van der Waals surface area contributed by atoms with Crippen molar-refractivity contribution < 1.29 is 13.2 Å². The average Bonchev–Trinajstić information content (AvgIpc) is 2.43. The van der Waals surface area contributed by atoms with Crippen LogP contribution in [0.3, 0.4) is 0 Å².